The van der Waals surface area contributed by atoms with Gasteiger partial charge in [0.15, 0.2) is 6.29 Å². The van der Waals surface area contributed by atoms with Gasteiger partial charge in [0.1, 0.15) is 18.3 Å². The maximum Gasteiger partial charge on any atom is 0.186 e. The molecular formula is C5H8O4. The third-order valence-corrected chi connectivity index (χ3v) is 1.74. The summed E-state index contributed by atoms with van der Waals surface area (Å²) in [6.07, 6.45) is -2.47. The van der Waals surface area contributed by atoms with Gasteiger partial charge in [-0.1, -0.05) is 0 Å². The molecule has 9 heavy (non-hydrogen) atoms. The first-order valence-corrected chi connectivity index (χ1v) is 2.92. The van der Waals surface area contributed by atoms with E-state index in [1.54, 1.807) is 0 Å². The number of fused-ring (bicyclic) bond motifs is 2. The van der Waals surface area contributed by atoms with Gasteiger partial charge in [-0.15, -0.1) is 0 Å². The zero-order chi connectivity index (χ0) is 6.43. The largest absolute Gasteiger partial charge is 0.387 e. The highest BCUT2D eigenvalue weighted by atomic mass is 16.7. The van der Waals surface area contributed by atoms with E-state index < -0.39 is 18.5 Å². The van der Waals surface area contributed by atoms with E-state index in [9.17, 15) is 0 Å². The molecule has 4 atom stereocenters. The summed E-state index contributed by atoms with van der Waals surface area (Å²) in [6.45, 7) is 0.406. The van der Waals surface area contributed by atoms with Crippen molar-refractivity contribution in [2.24, 2.45) is 0 Å². The quantitative estimate of drug-likeness (QED) is 0.419. The Morgan fingerprint density at radius 3 is 2.33 bits per heavy atom. The molecule has 0 saturated carbocycles. The Labute approximate surface area is 52.0 Å². The molecule has 2 aliphatic heterocycles. The van der Waals surface area contributed by atoms with Crippen molar-refractivity contribution in [1.82, 2.24) is 0 Å². The van der Waals surface area contributed by atoms with E-state index in [0.29, 0.717) is 6.61 Å². The van der Waals surface area contributed by atoms with Crippen LogP contribution in [0.1, 0.15) is 0 Å². The van der Waals surface area contributed by atoms with E-state index in [1.165, 1.54) is 0 Å². The Kier molecular flexibility index (Phi) is 1.04. The van der Waals surface area contributed by atoms with Crippen molar-refractivity contribution < 1.29 is 19.7 Å². The number of aliphatic hydroxyl groups excluding tert-OH is 2. The fourth-order valence-electron chi connectivity index (χ4n) is 1.18. The highest BCUT2D eigenvalue weighted by Gasteiger charge is 2.48. The van der Waals surface area contributed by atoms with E-state index in [-0.39, 0.29) is 6.10 Å². The van der Waals surface area contributed by atoms with Crippen LogP contribution in [0.3, 0.4) is 0 Å². The molecule has 0 unspecified atom stereocenters. The number of rotatable bonds is 0. The standard InChI is InChI=1S/C5H8O4/c6-3-2-1-8-5(9-2)4(3)7/h2-7H,1H2/t2-,3-,4+,5-/m1/s1. The lowest BCUT2D eigenvalue weighted by Gasteiger charge is -2.17. The van der Waals surface area contributed by atoms with E-state index >= 15 is 0 Å². The Morgan fingerprint density at radius 2 is 2.00 bits per heavy atom. The summed E-state index contributed by atoms with van der Waals surface area (Å²) >= 11 is 0. The molecule has 0 aliphatic carbocycles. The van der Waals surface area contributed by atoms with Crippen molar-refractivity contribution in [1.29, 1.82) is 0 Å². The van der Waals surface area contributed by atoms with Crippen LogP contribution >= 0.6 is 0 Å². The second kappa shape index (κ2) is 1.67. The van der Waals surface area contributed by atoms with Gasteiger partial charge in [0.25, 0.3) is 0 Å². The van der Waals surface area contributed by atoms with Gasteiger partial charge in [0.05, 0.1) is 6.61 Å². The van der Waals surface area contributed by atoms with Crippen LogP contribution in [0.25, 0.3) is 0 Å². The molecule has 0 aromatic carbocycles. The topological polar surface area (TPSA) is 58.9 Å². The van der Waals surface area contributed by atoms with Crippen LogP contribution < -0.4 is 0 Å². The fourth-order valence-corrected chi connectivity index (χ4v) is 1.18. The molecular weight excluding hydrogens is 124 g/mol. The van der Waals surface area contributed by atoms with Crippen molar-refractivity contribution in [3.8, 4) is 0 Å². The first kappa shape index (κ1) is 5.61. The highest BCUT2D eigenvalue weighted by Crippen LogP contribution is 2.28. The second-order valence-electron chi connectivity index (χ2n) is 2.36. The summed E-state index contributed by atoms with van der Waals surface area (Å²) in [6, 6.07) is 0. The van der Waals surface area contributed by atoms with Crippen LogP contribution in [-0.4, -0.2) is 41.4 Å². The average Bonchev–Trinajstić information content (AvgIpc) is 2.37. The Bertz CT molecular complexity index is 108. The van der Waals surface area contributed by atoms with E-state index in [0.717, 1.165) is 0 Å². The third-order valence-electron chi connectivity index (χ3n) is 1.74. The molecule has 4 nitrogen and oxygen atoms in total. The molecule has 52 valence electrons. The normalized spacial score (nSPS) is 56.7. The predicted octanol–water partition coefficient (Wildman–Crippen LogP) is -1.54. The van der Waals surface area contributed by atoms with Crippen molar-refractivity contribution in [3.05, 3.63) is 0 Å². The minimum absolute atomic E-state index is 0.301. The van der Waals surface area contributed by atoms with Gasteiger partial charge in [-0.05, 0) is 0 Å². The summed E-state index contributed by atoms with van der Waals surface area (Å²) in [4.78, 5) is 0. The monoisotopic (exact) mass is 132 g/mol. The second-order valence-corrected chi connectivity index (χ2v) is 2.36. The van der Waals surface area contributed by atoms with Crippen LogP contribution in [0.4, 0.5) is 0 Å². The summed E-state index contributed by atoms with van der Waals surface area (Å²) in [5.41, 5.74) is 0. The SMILES string of the molecule is O[C@@H]1[C@@H]2OC[C@@H](O2)[C@H]1O. The molecule has 2 N–H and O–H groups in total. The molecule has 2 rings (SSSR count). The Morgan fingerprint density at radius 1 is 1.22 bits per heavy atom. The lowest BCUT2D eigenvalue weighted by atomic mass is 10.1. The predicted molar refractivity (Wildman–Crippen MR) is 26.6 cm³/mol. The Balaban J connectivity index is 2.15. The molecule has 0 radical (unpaired) electrons. The van der Waals surface area contributed by atoms with Gasteiger partial charge in [0, 0.05) is 0 Å². The Hall–Kier alpha value is -0.160. The van der Waals surface area contributed by atoms with E-state index in [2.05, 4.69) is 0 Å². The zero-order valence-corrected chi connectivity index (χ0v) is 4.73. The summed E-state index contributed by atoms with van der Waals surface area (Å²) in [7, 11) is 0. The molecule has 0 amide bonds. The van der Waals surface area contributed by atoms with Gasteiger partial charge in [0.2, 0.25) is 0 Å². The maximum absolute atomic E-state index is 9.03. The van der Waals surface area contributed by atoms with Gasteiger partial charge in [-0.2, -0.15) is 0 Å². The molecule has 2 saturated heterocycles. The van der Waals surface area contributed by atoms with Gasteiger partial charge >= 0.3 is 0 Å². The summed E-state index contributed by atoms with van der Waals surface area (Å²) in [5.74, 6) is 0. The molecule has 2 fully saturated rings. The van der Waals surface area contributed by atoms with Crippen LogP contribution in [0.15, 0.2) is 0 Å². The molecule has 2 aliphatic rings. The first-order valence-electron chi connectivity index (χ1n) is 2.92. The zero-order valence-electron chi connectivity index (χ0n) is 4.73. The van der Waals surface area contributed by atoms with Crippen LogP contribution in [0.2, 0.25) is 0 Å². The number of ether oxygens (including phenoxy) is 2. The molecule has 0 aromatic rings. The smallest absolute Gasteiger partial charge is 0.186 e. The van der Waals surface area contributed by atoms with Crippen LogP contribution in [-0.2, 0) is 9.47 Å². The minimum atomic E-state index is -0.844. The molecule has 2 bridgehead atoms. The minimum Gasteiger partial charge on any atom is -0.387 e. The summed E-state index contributed by atoms with van der Waals surface area (Å²) in [5, 5.41) is 18.0. The van der Waals surface area contributed by atoms with E-state index in [1.807, 2.05) is 0 Å². The van der Waals surface area contributed by atoms with Crippen molar-refractivity contribution in [3.63, 3.8) is 0 Å². The molecule has 2 heterocycles. The summed E-state index contributed by atoms with van der Waals surface area (Å²) < 4.78 is 9.88. The van der Waals surface area contributed by atoms with E-state index in [4.69, 9.17) is 19.7 Å². The third kappa shape index (κ3) is 0.616. The lowest BCUT2D eigenvalue weighted by Crippen LogP contribution is -2.39. The van der Waals surface area contributed by atoms with Crippen molar-refractivity contribution in [2.75, 3.05) is 6.61 Å². The maximum atomic E-state index is 9.03. The van der Waals surface area contributed by atoms with Crippen LogP contribution in [0.5, 0.6) is 0 Å². The number of hydrogen-bond donors (Lipinski definition) is 2. The number of hydrogen-bond acceptors (Lipinski definition) is 4. The van der Waals surface area contributed by atoms with Crippen molar-refractivity contribution >= 4 is 0 Å². The van der Waals surface area contributed by atoms with Crippen molar-refractivity contribution in [2.45, 2.75) is 24.6 Å². The van der Waals surface area contributed by atoms with Gasteiger partial charge in [-0.3, -0.25) is 0 Å². The molecule has 4 heteroatoms. The lowest BCUT2D eigenvalue weighted by molar-refractivity contribution is -0.111. The van der Waals surface area contributed by atoms with Gasteiger partial charge in [-0.25, -0.2) is 0 Å². The number of aliphatic hydroxyl groups is 2. The van der Waals surface area contributed by atoms with Gasteiger partial charge < -0.3 is 19.7 Å². The van der Waals surface area contributed by atoms with Crippen LogP contribution in [0, 0.1) is 0 Å². The molecule has 0 aromatic heterocycles. The highest BCUT2D eigenvalue weighted by molar-refractivity contribution is 4.90. The average molecular weight is 132 g/mol. The first-order chi connectivity index (χ1) is 4.29. The fraction of sp³-hybridized carbons (Fsp3) is 1.00. The molecule has 0 spiro atoms.